The molecule has 1 heterocycles. The predicted octanol–water partition coefficient (Wildman–Crippen LogP) is 3.46. The Morgan fingerprint density at radius 2 is 2.07 bits per heavy atom. The average Bonchev–Trinajstić information content (AvgIpc) is 2.37. The average molecular weight is 211 g/mol. The monoisotopic (exact) mass is 210 g/mol. The number of rotatable bonds is 2. The van der Waals surface area contributed by atoms with Gasteiger partial charge in [-0.3, -0.25) is 0 Å². The number of hydrogen-bond acceptors (Lipinski definition) is 1. The van der Waals surface area contributed by atoms with Crippen LogP contribution in [-0.4, -0.2) is 4.57 Å². The molecule has 0 saturated carbocycles. The van der Waals surface area contributed by atoms with Crippen molar-refractivity contribution in [3.05, 3.63) is 22.0 Å². The first-order chi connectivity index (χ1) is 6.54. The molecule has 0 aliphatic carbocycles. The highest BCUT2D eigenvalue weighted by atomic mass is 35.5. The Labute approximate surface area is 90.1 Å². The van der Waals surface area contributed by atoms with E-state index < -0.39 is 0 Å². The lowest BCUT2D eigenvalue weighted by atomic mass is 10.1. The SMILES string of the molecule is CCn1c(C)c(C#N)c(Cl)c1C(C)C. The molecular formula is C11H15ClN2. The van der Waals surface area contributed by atoms with Gasteiger partial charge in [-0.25, -0.2) is 0 Å². The summed E-state index contributed by atoms with van der Waals surface area (Å²) in [4.78, 5) is 0. The van der Waals surface area contributed by atoms with Gasteiger partial charge in [-0.2, -0.15) is 5.26 Å². The van der Waals surface area contributed by atoms with Crippen LogP contribution in [0.15, 0.2) is 0 Å². The van der Waals surface area contributed by atoms with Crippen LogP contribution >= 0.6 is 11.6 Å². The number of nitrogens with zero attached hydrogens (tertiary/aromatic N) is 2. The highest BCUT2D eigenvalue weighted by molar-refractivity contribution is 6.32. The van der Waals surface area contributed by atoms with Crippen LogP contribution in [0, 0.1) is 18.3 Å². The molecule has 0 aliphatic heterocycles. The van der Waals surface area contributed by atoms with E-state index in [0.717, 1.165) is 17.9 Å². The Kier molecular flexibility index (Phi) is 3.23. The van der Waals surface area contributed by atoms with Crippen LogP contribution in [0.2, 0.25) is 5.02 Å². The van der Waals surface area contributed by atoms with E-state index in [1.807, 2.05) is 6.92 Å². The summed E-state index contributed by atoms with van der Waals surface area (Å²) in [6.45, 7) is 9.05. The molecule has 14 heavy (non-hydrogen) atoms. The maximum Gasteiger partial charge on any atom is 0.103 e. The summed E-state index contributed by atoms with van der Waals surface area (Å²) in [5.41, 5.74) is 2.67. The highest BCUT2D eigenvalue weighted by Crippen LogP contribution is 2.32. The first kappa shape index (κ1) is 11.1. The molecule has 0 aliphatic rings. The van der Waals surface area contributed by atoms with Crippen LogP contribution in [0.5, 0.6) is 0 Å². The lowest BCUT2D eigenvalue weighted by Crippen LogP contribution is -2.04. The molecule has 0 atom stereocenters. The van der Waals surface area contributed by atoms with E-state index in [4.69, 9.17) is 16.9 Å². The topological polar surface area (TPSA) is 28.7 Å². The third kappa shape index (κ3) is 1.53. The van der Waals surface area contributed by atoms with Crippen LogP contribution in [0.25, 0.3) is 0 Å². The fraction of sp³-hybridized carbons (Fsp3) is 0.545. The van der Waals surface area contributed by atoms with Crippen molar-refractivity contribution in [1.29, 1.82) is 5.26 Å². The fourth-order valence-electron chi connectivity index (χ4n) is 1.82. The van der Waals surface area contributed by atoms with Crippen LogP contribution in [0.3, 0.4) is 0 Å². The van der Waals surface area contributed by atoms with Gasteiger partial charge in [0.15, 0.2) is 0 Å². The van der Waals surface area contributed by atoms with Crippen molar-refractivity contribution in [2.75, 3.05) is 0 Å². The van der Waals surface area contributed by atoms with Crippen molar-refractivity contribution in [2.45, 2.75) is 40.2 Å². The van der Waals surface area contributed by atoms with Gasteiger partial charge in [-0.1, -0.05) is 25.4 Å². The van der Waals surface area contributed by atoms with Crippen molar-refractivity contribution in [1.82, 2.24) is 4.57 Å². The van der Waals surface area contributed by atoms with Crippen molar-refractivity contribution >= 4 is 11.6 Å². The van der Waals surface area contributed by atoms with E-state index >= 15 is 0 Å². The Balaban J connectivity index is 3.50. The normalized spacial score (nSPS) is 10.6. The zero-order valence-corrected chi connectivity index (χ0v) is 9.81. The standard InChI is InChI=1S/C11H15ClN2/c1-5-14-8(4)9(6-13)10(12)11(14)7(2)3/h7H,5H2,1-4H3. The largest absolute Gasteiger partial charge is 0.346 e. The van der Waals surface area contributed by atoms with Crippen molar-refractivity contribution in [3.8, 4) is 6.07 Å². The lowest BCUT2D eigenvalue weighted by Gasteiger charge is -2.11. The smallest absolute Gasteiger partial charge is 0.103 e. The molecule has 0 fully saturated rings. The summed E-state index contributed by atoms with van der Waals surface area (Å²) in [7, 11) is 0. The van der Waals surface area contributed by atoms with Gasteiger partial charge in [0.25, 0.3) is 0 Å². The molecule has 1 rings (SSSR count). The van der Waals surface area contributed by atoms with Crippen molar-refractivity contribution < 1.29 is 0 Å². The summed E-state index contributed by atoms with van der Waals surface area (Å²) in [5.74, 6) is 0.350. The maximum atomic E-state index is 8.97. The van der Waals surface area contributed by atoms with Gasteiger partial charge >= 0.3 is 0 Å². The number of halogens is 1. The van der Waals surface area contributed by atoms with E-state index in [1.54, 1.807) is 0 Å². The van der Waals surface area contributed by atoms with Gasteiger partial charge in [0.1, 0.15) is 6.07 Å². The van der Waals surface area contributed by atoms with Crippen LogP contribution in [-0.2, 0) is 6.54 Å². The van der Waals surface area contributed by atoms with Gasteiger partial charge in [-0.15, -0.1) is 0 Å². The molecule has 0 bridgehead atoms. The summed E-state index contributed by atoms with van der Waals surface area (Å²) >= 11 is 6.17. The molecule has 0 amide bonds. The van der Waals surface area contributed by atoms with Crippen LogP contribution < -0.4 is 0 Å². The van der Waals surface area contributed by atoms with Gasteiger partial charge in [0, 0.05) is 17.9 Å². The molecule has 1 aromatic heterocycles. The molecular weight excluding hydrogens is 196 g/mol. The summed E-state index contributed by atoms with van der Waals surface area (Å²) in [6, 6.07) is 2.16. The minimum absolute atomic E-state index is 0.350. The summed E-state index contributed by atoms with van der Waals surface area (Å²) < 4.78 is 2.12. The van der Waals surface area contributed by atoms with E-state index in [0.29, 0.717) is 16.5 Å². The molecule has 0 unspecified atom stereocenters. The number of hydrogen-bond donors (Lipinski definition) is 0. The molecule has 0 N–H and O–H groups in total. The first-order valence-corrected chi connectivity index (χ1v) is 5.20. The minimum Gasteiger partial charge on any atom is -0.346 e. The zero-order valence-electron chi connectivity index (χ0n) is 9.06. The maximum absolute atomic E-state index is 8.97. The highest BCUT2D eigenvalue weighted by Gasteiger charge is 2.19. The van der Waals surface area contributed by atoms with Crippen molar-refractivity contribution in [3.63, 3.8) is 0 Å². The lowest BCUT2D eigenvalue weighted by molar-refractivity contribution is 0.657. The second-order valence-corrected chi connectivity index (χ2v) is 4.05. The Hall–Kier alpha value is -0.940. The molecule has 1 aromatic rings. The number of aromatic nitrogens is 1. The predicted molar refractivity (Wildman–Crippen MR) is 58.7 cm³/mol. The third-order valence-electron chi connectivity index (χ3n) is 2.48. The van der Waals surface area contributed by atoms with Gasteiger partial charge < -0.3 is 4.57 Å². The van der Waals surface area contributed by atoms with E-state index in [-0.39, 0.29) is 0 Å². The van der Waals surface area contributed by atoms with Gasteiger partial charge in [0.05, 0.1) is 10.6 Å². The van der Waals surface area contributed by atoms with Gasteiger partial charge in [-0.05, 0) is 19.8 Å². The Morgan fingerprint density at radius 3 is 2.36 bits per heavy atom. The second kappa shape index (κ2) is 4.06. The molecule has 2 nitrogen and oxygen atoms in total. The molecule has 3 heteroatoms. The minimum atomic E-state index is 0.350. The molecule has 0 spiro atoms. The second-order valence-electron chi connectivity index (χ2n) is 3.67. The molecule has 0 aromatic carbocycles. The summed E-state index contributed by atoms with van der Waals surface area (Å²) in [5, 5.41) is 9.59. The fourth-order valence-corrected chi connectivity index (χ4v) is 2.32. The number of nitriles is 1. The van der Waals surface area contributed by atoms with Crippen LogP contribution in [0.1, 0.15) is 43.6 Å². The van der Waals surface area contributed by atoms with E-state index in [1.165, 1.54) is 0 Å². The summed E-state index contributed by atoms with van der Waals surface area (Å²) in [6.07, 6.45) is 0. The molecule has 0 saturated heterocycles. The first-order valence-electron chi connectivity index (χ1n) is 4.83. The Morgan fingerprint density at radius 1 is 1.50 bits per heavy atom. The third-order valence-corrected chi connectivity index (χ3v) is 2.86. The van der Waals surface area contributed by atoms with Crippen LogP contribution in [0.4, 0.5) is 0 Å². The molecule has 76 valence electrons. The van der Waals surface area contributed by atoms with Gasteiger partial charge in [0.2, 0.25) is 0 Å². The zero-order chi connectivity index (χ0) is 10.9. The Bertz CT molecular complexity index is 383. The van der Waals surface area contributed by atoms with E-state index in [2.05, 4.69) is 31.4 Å². The van der Waals surface area contributed by atoms with Crippen molar-refractivity contribution in [2.24, 2.45) is 0 Å². The molecule has 0 radical (unpaired) electrons. The quantitative estimate of drug-likeness (QED) is 0.735. The van der Waals surface area contributed by atoms with E-state index in [9.17, 15) is 0 Å².